The van der Waals surface area contributed by atoms with Gasteiger partial charge in [-0.1, -0.05) is 12.1 Å². The van der Waals surface area contributed by atoms with E-state index in [9.17, 15) is 5.11 Å². The molecule has 0 saturated heterocycles. The molecule has 1 aromatic heterocycles. The molecule has 0 spiro atoms. The molecule has 84 valence electrons. The zero-order valence-corrected chi connectivity index (χ0v) is 9.14. The lowest BCUT2D eigenvalue weighted by atomic mass is 10.0. The van der Waals surface area contributed by atoms with Crippen molar-refractivity contribution >= 4 is 0 Å². The Morgan fingerprint density at radius 3 is 3.00 bits per heavy atom. The van der Waals surface area contributed by atoms with E-state index in [0.717, 1.165) is 23.2 Å². The molecule has 1 aromatic carbocycles. The molecular weight excluding hydrogens is 202 g/mol. The average molecular weight is 217 g/mol. The van der Waals surface area contributed by atoms with Crippen LogP contribution in [0.5, 0.6) is 5.75 Å². The van der Waals surface area contributed by atoms with Gasteiger partial charge in [-0.15, -0.1) is 0 Å². The molecule has 0 amide bonds. The van der Waals surface area contributed by atoms with Crippen LogP contribution in [-0.4, -0.2) is 21.3 Å². The standard InChI is InChI=1S/C12H15N3O/c1-8(13)5-10-7-14-15-12(10)9-3-2-4-11(16)6-9/h2-4,6-8,16H,5,13H2,1H3,(H,14,15). The van der Waals surface area contributed by atoms with Crippen molar-refractivity contribution in [1.82, 2.24) is 10.2 Å². The molecule has 0 aliphatic carbocycles. The van der Waals surface area contributed by atoms with Gasteiger partial charge in [0.25, 0.3) is 0 Å². The number of phenolic OH excluding ortho intramolecular Hbond substituents is 1. The number of H-pyrrole nitrogens is 1. The van der Waals surface area contributed by atoms with Crippen LogP contribution in [0.3, 0.4) is 0 Å². The quantitative estimate of drug-likeness (QED) is 0.732. The molecule has 1 heterocycles. The number of nitrogens with one attached hydrogen (secondary N) is 1. The maximum atomic E-state index is 9.43. The first-order valence-electron chi connectivity index (χ1n) is 5.24. The van der Waals surface area contributed by atoms with Crippen molar-refractivity contribution in [2.45, 2.75) is 19.4 Å². The third-order valence-corrected chi connectivity index (χ3v) is 2.39. The zero-order valence-electron chi connectivity index (χ0n) is 9.14. The lowest BCUT2D eigenvalue weighted by Crippen LogP contribution is -2.17. The molecular formula is C12H15N3O. The van der Waals surface area contributed by atoms with Crippen LogP contribution in [0.25, 0.3) is 11.3 Å². The van der Waals surface area contributed by atoms with Crippen LogP contribution in [0.1, 0.15) is 12.5 Å². The summed E-state index contributed by atoms with van der Waals surface area (Å²) in [6.07, 6.45) is 2.55. The number of hydrogen-bond acceptors (Lipinski definition) is 3. The highest BCUT2D eigenvalue weighted by Gasteiger charge is 2.09. The summed E-state index contributed by atoms with van der Waals surface area (Å²) >= 11 is 0. The number of rotatable bonds is 3. The third-order valence-electron chi connectivity index (χ3n) is 2.39. The largest absolute Gasteiger partial charge is 0.508 e. The second-order valence-electron chi connectivity index (χ2n) is 4.00. The number of hydrogen-bond donors (Lipinski definition) is 3. The molecule has 1 unspecified atom stereocenters. The van der Waals surface area contributed by atoms with Gasteiger partial charge in [0.05, 0.1) is 11.9 Å². The molecule has 0 saturated carbocycles. The Morgan fingerprint density at radius 2 is 2.31 bits per heavy atom. The molecule has 4 heteroatoms. The minimum absolute atomic E-state index is 0.0914. The van der Waals surface area contributed by atoms with E-state index in [1.165, 1.54) is 0 Å². The van der Waals surface area contributed by atoms with Gasteiger partial charge in [0, 0.05) is 11.6 Å². The molecule has 4 N–H and O–H groups in total. The van der Waals surface area contributed by atoms with Gasteiger partial charge in [-0.25, -0.2) is 0 Å². The average Bonchev–Trinajstić information content (AvgIpc) is 2.65. The van der Waals surface area contributed by atoms with Gasteiger partial charge >= 0.3 is 0 Å². The summed E-state index contributed by atoms with van der Waals surface area (Å²) in [7, 11) is 0. The van der Waals surface area contributed by atoms with Crippen molar-refractivity contribution in [3.05, 3.63) is 36.0 Å². The Hall–Kier alpha value is -1.81. The number of nitrogens with two attached hydrogens (primary N) is 1. The van der Waals surface area contributed by atoms with E-state index in [-0.39, 0.29) is 11.8 Å². The van der Waals surface area contributed by atoms with Crippen LogP contribution in [0.15, 0.2) is 30.5 Å². The monoisotopic (exact) mass is 217 g/mol. The fourth-order valence-corrected chi connectivity index (χ4v) is 1.72. The number of phenols is 1. The first-order chi connectivity index (χ1) is 7.66. The van der Waals surface area contributed by atoms with Gasteiger partial charge in [0.2, 0.25) is 0 Å². The SMILES string of the molecule is CC(N)Cc1cn[nH]c1-c1cccc(O)c1. The summed E-state index contributed by atoms with van der Waals surface area (Å²) in [5, 5.41) is 16.4. The molecule has 16 heavy (non-hydrogen) atoms. The van der Waals surface area contributed by atoms with Crippen LogP contribution in [-0.2, 0) is 6.42 Å². The number of aromatic hydroxyl groups is 1. The Labute approximate surface area is 94.1 Å². The van der Waals surface area contributed by atoms with E-state index >= 15 is 0 Å². The van der Waals surface area contributed by atoms with Gasteiger partial charge in [0.15, 0.2) is 0 Å². The highest BCUT2D eigenvalue weighted by atomic mass is 16.3. The number of nitrogens with zero attached hydrogens (tertiary/aromatic N) is 1. The van der Waals surface area contributed by atoms with Crippen molar-refractivity contribution in [3.8, 4) is 17.0 Å². The molecule has 1 atom stereocenters. The van der Waals surface area contributed by atoms with Crippen molar-refractivity contribution in [2.75, 3.05) is 0 Å². The van der Waals surface area contributed by atoms with Crippen molar-refractivity contribution < 1.29 is 5.11 Å². The van der Waals surface area contributed by atoms with Crippen LogP contribution in [0, 0.1) is 0 Å². The van der Waals surface area contributed by atoms with Crippen molar-refractivity contribution in [1.29, 1.82) is 0 Å². The van der Waals surface area contributed by atoms with E-state index in [4.69, 9.17) is 5.73 Å². The Kier molecular flexibility index (Phi) is 2.92. The first kappa shape index (κ1) is 10.7. The summed E-state index contributed by atoms with van der Waals surface area (Å²) in [4.78, 5) is 0. The van der Waals surface area contributed by atoms with Crippen LogP contribution >= 0.6 is 0 Å². The van der Waals surface area contributed by atoms with E-state index < -0.39 is 0 Å². The maximum Gasteiger partial charge on any atom is 0.116 e. The smallest absolute Gasteiger partial charge is 0.116 e. The van der Waals surface area contributed by atoms with Crippen molar-refractivity contribution in [2.24, 2.45) is 5.73 Å². The molecule has 0 radical (unpaired) electrons. The molecule has 4 nitrogen and oxygen atoms in total. The Morgan fingerprint density at radius 1 is 1.50 bits per heavy atom. The highest BCUT2D eigenvalue weighted by Crippen LogP contribution is 2.24. The minimum atomic E-state index is 0.0914. The summed E-state index contributed by atoms with van der Waals surface area (Å²) in [6.45, 7) is 1.96. The summed E-state index contributed by atoms with van der Waals surface area (Å²) in [5.74, 6) is 0.249. The normalized spacial score (nSPS) is 12.6. The first-order valence-corrected chi connectivity index (χ1v) is 5.24. The maximum absolute atomic E-state index is 9.43. The fourth-order valence-electron chi connectivity index (χ4n) is 1.72. The number of aromatic amines is 1. The van der Waals surface area contributed by atoms with E-state index in [2.05, 4.69) is 10.2 Å². The second-order valence-corrected chi connectivity index (χ2v) is 4.00. The van der Waals surface area contributed by atoms with Gasteiger partial charge < -0.3 is 10.8 Å². The molecule has 0 bridgehead atoms. The molecule has 2 aromatic rings. The predicted octanol–water partition coefficient (Wildman–Crippen LogP) is 1.67. The lowest BCUT2D eigenvalue weighted by molar-refractivity contribution is 0.475. The van der Waals surface area contributed by atoms with E-state index in [1.807, 2.05) is 13.0 Å². The summed E-state index contributed by atoms with van der Waals surface area (Å²) < 4.78 is 0. The molecule has 0 aliphatic rings. The summed E-state index contributed by atoms with van der Waals surface area (Å²) in [5.41, 5.74) is 8.69. The van der Waals surface area contributed by atoms with Crippen LogP contribution < -0.4 is 5.73 Å². The Balaban J connectivity index is 2.37. The van der Waals surface area contributed by atoms with Gasteiger partial charge in [-0.05, 0) is 31.0 Å². The molecule has 0 aliphatic heterocycles. The second kappa shape index (κ2) is 4.37. The van der Waals surface area contributed by atoms with Crippen LogP contribution in [0.4, 0.5) is 0 Å². The van der Waals surface area contributed by atoms with Gasteiger partial charge in [0.1, 0.15) is 5.75 Å². The minimum Gasteiger partial charge on any atom is -0.508 e. The Bertz CT molecular complexity index is 477. The zero-order chi connectivity index (χ0) is 11.5. The van der Waals surface area contributed by atoms with Crippen LogP contribution in [0.2, 0.25) is 0 Å². The molecule has 0 fully saturated rings. The fraction of sp³-hybridized carbons (Fsp3) is 0.250. The topological polar surface area (TPSA) is 74.9 Å². The predicted molar refractivity (Wildman–Crippen MR) is 63.0 cm³/mol. The number of aromatic nitrogens is 2. The van der Waals surface area contributed by atoms with Gasteiger partial charge in [-0.2, -0.15) is 5.10 Å². The molecule has 2 rings (SSSR count). The third kappa shape index (κ3) is 2.23. The van der Waals surface area contributed by atoms with Crippen molar-refractivity contribution in [3.63, 3.8) is 0 Å². The van der Waals surface area contributed by atoms with Gasteiger partial charge in [-0.3, -0.25) is 5.10 Å². The summed E-state index contributed by atoms with van der Waals surface area (Å²) in [6, 6.07) is 7.18. The highest BCUT2D eigenvalue weighted by molar-refractivity contribution is 5.64. The van der Waals surface area contributed by atoms with E-state index in [0.29, 0.717) is 0 Å². The number of benzene rings is 1. The lowest BCUT2D eigenvalue weighted by Gasteiger charge is -2.06. The van der Waals surface area contributed by atoms with E-state index in [1.54, 1.807) is 24.4 Å².